The first kappa shape index (κ1) is 21.8. The Labute approximate surface area is 178 Å². The minimum atomic E-state index is -3.50. The molecule has 1 fully saturated rings. The summed E-state index contributed by atoms with van der Waals surface area (Å²) in [7, 11) is -3.50. The van der Waals surface area contributed by atoms with Crippen molar-refractivity contribution in [1.82, 2.24) is 9.62 Å². The van der Waals surface area contributed by atoms with Crippen molar-refractivity contribution in [2.24, 2.45) is 0 Å². The molecule has 156 valence electrons. The van der Waals surface area contributed by atoms with Crippen molar-refractivity contribution < 1.29 is 13.2 Å². The molecule has 5 nitrogen and oxygen atoms in total. The second-order valence-electron chi connectivity index (χ2n) is 7.64. The van der Waals surface area contributed by atoms with E-state index >= 15 is 0 Å². The van der Waals surface area contributed by atoms with E-state index in [-0.39, 0.29) is 11.9 Å². The smallest absolute Gasteiger partial charge is 0.243 e. The van der Waals surface area contributed by atoms with Gasteiger partial charge in [0.05, 0.1) is 4.90 Å². The molecule has 3 rings (SSSR count). The number of aryl methyl sites for hydroxylation is 3. The zero-order valence-corrected chi connectivity index (χ0v) is 18.4. The zero-order valence-electron chi connectivity index (χ0n) is 16.8. The summed E-state index contributed by atoms with van der Waals surface area (Å²) >= 11 is 5.88. The van der Waals surface area contributed by atoms with Gasteiger partial charge in [-0.1, -0.05) is 41.4 Å². The van der Waals surface area contributed by atoms with Crippen molar-refractivity contribution in [3.63, 3.8) is 0 Å². The summed E-state index contributed by atoms with van der Waals surface area (Å²) in [6.07, 6.45) is 2.30. The third-order valence-corrected chi connectivity index (χ3v) is 7.63. The number of rotatable bonds is 6. The number of sulfonamides is 1. The number of hydrogen-bond acceptors (Lipinski definition) is 3. The molecule has 1 aliphatic rings. The number of halogens is 1. The fourth-order valence-electron chi connectivity index (χ4n) is 3.68. The first-order valence-corrected chi connectivity index (χ1v) is 11.7. The number of carbonyl (C=O) groups is 1. The molecule has 0 bridgehead atoms. The van der Waals surface area contributed by atoms with Gasteiger partial charge in [0, 0.05) is 30.6 Å². The van der Waals surface area contributed by atoms with Crippen LogP contribution in [0.3, 0.4) is 0 Å². The Bertz CT molecular complexity index is 966. The van der Waals surface area contributed by atoms with Gasteiger partial charge in [0.2, 0.25) is 15.9 Å². The Kier molecular flexibility index (Phi) is 6.98. The van der Waals surface area contributed by atoms with Crippen molar-refractivity contribution in [2.75, 3.05) is 13.1 Å². The van der Waals surface area contributed by atoms with Gasteiger partial charge >= 0.3 is 0 Å². The van der Waals surface area contributed by atoms with Crippen LogP contribution in [0.15, 0.2) is 47.4 Å². The van der Waals surface area contributed by atoms with Crippen molar-refractivity contribution in [3.05, 3.63) is 64.2 Å². The number of benzene rings is 2. The second-order valence-corrected chi connectivity index (χ2v) is 9.98. The Hall–Kier alpha value is -1.89. The molecule has 0 aliphatic carbocycles. The van der Waals surface area contributed by atoms with Crippen LogP contribution in [0.2, 0.25) is 5.02 Å². The summed E-state index contributed by atoms with van der Waals surface area (Å²) in [5, 5.41) is 3.73. The topological polar surface area (TPSA) is 66.5 Å². The van der Waals surface area contributed by atoms with Crippen LogP contribution >= 0.6 is 11.6 Å². The first-order chi connectivity index (χ1) is 13.8. The molecule has 0 unspecified atom stereocenters. The molecule has 1 saturated heterocycles. The van der Waals surface area contributed by atoms with E-state index in [0.29, 0.717) is 48.7 Å². The molecule has 2 aromatic carbocycles. The summed E-state index contributed by atoms with van der Waals surface area (Å²) in [4.78, 5) is 12.6. The fraction of sp³-hybridized carbons (Fsp3) is 0.409. The fourth-order valence-corrected chi connectivity index (χ4v) is 5.48. The molecule has 0 saturated carbocycles. The van der Waals surface area contributed by atoms with Crippen LogP contribution in [-0.4, -0.2) is 37.8 Å². The van der Waals surface area contributed by atoms with Crippen LogP contribution in [0.4, 0.5) is 0 Å². The maximum absolute atomic E-state index is 13.0. The third-order valence-electron chi connectivity index (χ3n) is 5.32. The van der Waals surface area contributed by atoms with Gasteiger partial charge in [-0.15, -0.1) is 0 Å². The number of nitrogens with one attached hydrogen (secondary N) is 1. The van der Waals surface area contributed by atoms with Crippen LogP contribution < -0.4 is 5.32 Å². The summed E-state index contributed by atoms with van der Waals surface area (Å²) in [5.74, 6) is -0.00404. The largest absolute Gasteiger partial charge is 0.353 e. The van der Waals surface area contributed by atoms with Gasteiger partial charge in [0.25, 0.3) is 0 Å². The highest BCUT2D eigenvalue weighted by Gasteiger charge is 2.30. The summed E-state index contributed by atoms with van der Waals surface area (Å²) in [6.45, 7) is 4.60. The van der Waals surface area contributed by atoms with Crippen LogP contribution in [0, 0.1) is 13.8 Å². The van der Waals surface area contributed by atoms with E-state index in [0.717, 1.165) is 16.7 Å². The summed E-state index contributed by atoms with van der Waals surface area (Å²) in [5.41, 5.74) is 2.88. The van der Waals surface area contributed by atoms with Gasteiger partial charge < -0.3 is 5.32 Å². The van der Waals surface area contributed by atoms with E-state index in [1.165, 1.54) is 4.31 Å². The first-order valence-electron chi connectivity index (χ1n) is 9.87. The second kappa shape index (κ2) is 9.28. The number of nitrogens with zero attached hydrogens (tertiary/aromatic N) is 1. The average molecular weight is 435 g/mol. The van der Waals surface area contributed by atoms with Crippen molar-refractivity contribution in [1.29, 1.82) is 0 Å². The molecule has 0 atom stereocenters. The lowest BCUT2D eigenvalue weighted by atomic mass is 10.1. The van der Waals surface area contributed by atoms with E-state index in [1.54, 1.807) is 6.07 Å². The lowest BCUT2D eigenvalue weighted by Crippen LogP contribution is -2.46. The highest BCUT2D eigenvalue weighted by molar-refractivity contribution is 7.89. The van der Waals surface area contributed by atoms with Crippen molar-refractivity contribution in [2.45, 2.75) is 50.5 Å². The molecule has 0 radical (unpaired) electrons. The minimum Gasteiger partial charge on any atom is -0.353 e. The van der Waals surface area contributed by atoms with Crippen LogP contribution in [0.5, 0.6) is 0 Å². The van der Waals surface area contributed by atoms with Gasteiger partial charge in [-0.3, -0.25) is 4.79 Å². The summed E-state index contributed by atoms with van der Waals surface area (Å²) < 4.78 is 27.5. The quantitative estimate of drug-likeness (QED) is 0.750. The van der Waals surface area contributed by atoms with Crippen LogP contribution in [0.25, 0.3) is 0 Å². The number of piperidine rings is 1. The molecular weight excluding hydrogens is 408 g/mol. The molecule has 1 N–H and O–H groups in total. The van der Waals surface area contributed by atoms with E-state index in [2.05, 4.69) is 5.32 Å². The SMILES string of the molecule is Cc1ccc(S(=O)(=O)N2CCC(NC(=O)CCc3ccc(Cl)cc3)CC2)c(C)c1. The van der Waals surface area contributed by atoms with Crippen LogP contribution in [0.1, 0.15) is 36.0 Å². The Morgan fingerprint density at radius 3 is 2.38 bits per heavy atom. The highest BCUT2D eigenvalue weighted by Crippen LogP contribution is 2.24. The molecule has 1 heterocycles. The van der Waals surface area contributed by atoms with Crippen molar-refractivity contribution >= 4 is 27.5 Å². The number of carbonyl (C=O) groups excluding carboxylic acids is 1. The van der Waals surface area contributed by atoms with Gasteiger partial charge in [-0.25, -0.2) is 8.42 Å². The van der Waals surface area contributed by atoms with E-state index in [9.17, 15) is 13.2 Å². The third kappa shape index (κ3) is 5.59. The highest BCUT2D eigenvalue weighted by atomic mass is 35.5. The molecular formula is C22H27ClN2O3S. The summed E-state index contributed by atoms with van der Waals surface area (Å²) in [6, 6.07) is 12.9. The molecule has 1 aliphatic heterocycles. The lowest BCUT2D eigenvalue weighted by molar-refractivity contribution is -0.122. The molecule has 29 heavy (non-hydrogen) atoms. The Balaban J connectivity index is 1.50. The maximum Gasteiger partial charge on any atom is 0.243 e. The number of amides is 1. The van der Waals surface area contributed by atoms with Gasteiger partial charge in [-0.2, -0.15) is 4.31 Å². The molecule has 2 aromatic rings. The predicted molar refractivity (Wildman–Crippen MR) is 116 cm³/mol. The maximum atomic E-state index is 13.0. The van der Waals surface area contributed by atoms with Gasteiger partial charge in [-0.05, 0) is 62.4 Å². The average Bonchev–Trinajstić information content (AvgIpc) is 2.67. The van der Waals surface area contributed by atoms with Gasteiger partial charge in [0.15, 0.2) is 0 Å². The minimum absolute atomic E-state index is 0.00404. The molecule has 7 heteroatoms. The van der Waals surface area contributed by atoms with Crippen LogP contribution in [-0.2, 0) is 21.2 Å². The van der Waals surface area contributed by atoms with Gasteiger partial charge in [0.1, 0.15) is 0 Å². The van der Waals surface area contributed by atoms with E-state index in [1.807, 2.05) is 50.2 Å². The van der Waals surface area contributed by atoms with Crippen molar-refractivity contribution in [3.8, 4) is 0 Å². The van der Waals surface area contributed by atoms with E-state index < -0.39 is 10.0 Å². The normalized spacial score (nSPS) is 16.0. The Morgan fingerprint density at radius 1 is 1.10 bits per heavy atom. The standard InChI is InChI=1S/C22H27ClN2O3S/c1-16-3-9-21(17(2)15-16)29(27,28)25-13-11-20(12-14-25)24-22(26)10-6-18-4-7-19(23)8-5-18/h3-5,7-9,15,20H,6,10-14H2,1-2H3,(H,24,26). The molecule has 0 aromatic heterocycles. The molecule has 1 amide bonds. The lowest BCUT2D eigenvalue weighted by Gasteiger charge is -2.32. The Morgan fingerprint density at radius 2 is 1.76 bits per heavy atom. The monoisotopic (exact) mass is 434 g/mol. The predicted octanol–water partition coefficient (Wildman–Crippen LogP) is 3.86. The number of hydrogen-bond donors (Lipinski definition) is 1. The van der Waals surface area contributed by atoms with E-state index in [4.69, 9.17) is 11.6 Å². The zero-order chi connectivity index (χ0) is 21.0. The molecule has 0 spiro atoms.